The minimum absolute atomic E-state index is 0.00973. The fourth-order valence-electron chi connectivity index (χ4n) is 12.2. The Balaban J connectivity index is 1.13. The van der Waals surface area contributed by atoms with Gasteiger partial charge in [-0.1, -0.05) is 46.8 Å². The molecule has 6 heterocycles. The Kier molecular flexibility index (Phi) is 15.3. The van der Waals surface area contributed by atoms with E-state index in [-0.39, 0.29) is 61.0 Å². The first-order valence-corrected chi connectivity index (χ1v) is 26.8. The van der Waals surface area contributed by atoms with E-state index in [1.54, 1.807) is 26.3 Å². The van der Waals surface area contributed by atoms with Crippen molar-refractivity contribution in [2.24, 2.45) is 35.0 Å². The first-order chi connectivity index (χ1) is 35.7. The Morgan fingerprint density at radius 2 is 1.75 bits per heavy atom. The first kappa shape index (κ1) is 53.6. The monoisotopic (exact) mass is 1030 g/mol. The summed E-state index contributed by atoms with van der Waals surface area (Å²) in [5, 5.41) is 17.0. The van der Waals surface area contributed by atoms with Crippen LogP contribution >= 0.6 is 0 Å². The second-order valence-corrected chi connectivity index (χ2v) is 23.0. The molecule has 4 fully saturated rings. The standard InChI is InChI=1S/C57H77N9O9/c1-12-65-47-14-13-36-23-42(47)44(51(65)43-25-39(27-58-48(43)34(5)73-10)63-17-15-61(8)16-18-63)26-57(6,7)31-75-55(71)49-41-24-38(41)29-66(60-49)54(70)46(21-35-19-37(36)22-40(67)20-35)59-52(68)50(32(2)3)62(9)53(69)45-30-64(28-33(45)4)56(72)74-11/h13-14,19-20,22-23,25,27,32-34,38,41,45-46,49-50,60,67H,12,15-18,21,24,26,28-31H2,1-11H3,(H,59,68)/t33-,34-,38?,41-,45+,46-,49-,50-/m0/s1. The Morgan fingerprint density at radius 1 is 1.00 bits per heavy atom. The van der Waals surface area contributed by atoms with E-state index in [9.17, 15) is 24.3 Å². The van der Waals surface area contributed by atoms with Crippen LogP contribution in [0, 0.1) is 35.0 Å². The van der Waals surface area contributed by atoms with E-state index >= 15 is 4.79 Å². The van der Waals surface area contributed by atoms with E-state index in [0.29, 0.717) is 31.6 Å². The summed E-state index contributed by atoms with van der Waals surface area (Å²) < 4.78 is 19.6. The number of aryl methyl sites for hydroxylation is 1. The number of phenolic OH excluding ortho intramolecular Hbond substituents is 1. The van der Waals surface area contributed by atoms with Gasteiger partial charge in [0.05, 0.1) is 49.0 Å². The lowest BCUT2D eigenvalue weighted by molar-refractivity contribution is -0.156. The van der Waals surface area contributed by atoms with Gasteiger partial charge >= 0.3 is 12.1 Å². The zero-order valence-corrected chi connectivity index (χ0v) is 45.6. The van der Waals surface area contributed by atoms with Gasteiger partial charge in [-0.15, -0.1) is 0 Å². The van der Waals surface area contributed by atoms with Crippen molar-refractivity contribution >= 4 is 46.4 Å². The maximum atomic E-state index is 15.0. The van der Waals surface area contributed by atoms with Crippen LogP contribution in [-0.4, -0.2) is 163 Å². The van der Waals surface area contributed by atoms with Gasteiger partial charge in [-0.25, -0.2) is 10.2 Å². The number of hydrogen-bond acceptors (Lipinski definition) is 13. The summed E-state index contributed by atoms with van der Waals surface area (Å²) in [6.07, 6.45) is 2.38. The lowest BCUT2D eigenvalue weighted by Crippen LogP contribution is -2.63. The van der Waals surface area contributed by atoms with Crippen LogP contribution < -0.4 is 15.6 Å². The van der Waals surface area contributed by atoms with Gasteiger partial charge < -0.3 is 48.8 Å². The van der Waals surface area contributed by atoms with E-state index in [4.69, 9.17) is 19.2 Å². The molecule has 0 radical (unpaired) electrons. The molecule has 4 aromatic rings. The summed E-state index contributed by atoms with van der Waals surface area (Å²) >= 11 is 0. The number of fused-ring (bicyclic) bond motifs is 8. The van der Waals surface area contributed by atoms with Crippen molar-refractivity contribution in [2.75, 3.05) is 85.6 Å². The minimum Gasteiger partial charge on any atom is -0.508 e. The fraction of sp³-hybridized carbons (Fsp3) is 0.579. The molecule has 2 aromatic carbocycles. The number of nitrogens with one attached hydrogen (secondary N) is 2. The summed E-state index contributed by atoms with van der Waals surface area (Å²) in [6.45, 7) is 19.2. The van der Waals surface area contributed by atoms with Gasteiger partial charge in [0.1, 0.15) is 23.9 Å². The van der Waals surface area contributed by atoms with Crippen LogP contribution in [0.15, 0.2) is 48.7 Å². The third kappa shape index (κ3) is 10.8. The van der Waals surface area contributed by atoms with Crippen molar-refractivity contribution in [1.82, 2.24) is 40.0 Å². The maximum absolute atomic E-state index is 15.0. The molecule has 404 valence electrons. The lowest BCUT2D eigenvalue weighted by Gasteiger charge is -2.37. The SMILES string of the molecule is CCn1c(-c2cc(N3CCN(C)CC3)cnc2[C@H](C)OC)c2c3cc(ccc31)-c1cc(O)cc(c1)C[C@H](NC(=O)[C@H](C(C)C)N(C)C(=O)[C@@H]1CN(C(=O)OC)C[C@@H]1C)C(=O)N1CC3C[C@@H]3[C@H](N1)C(=O)OCC(C)(C)C2. The molecule has 1 saturated carbocycles. The largest absolute Gasteiger partial charge is 0.508 e. The highest BCUT2D eigenvalue weighted by molar-refractivity contribution is 5.96. The van der Waals surface area contributed by atoms with Gasteiger partial charge in [0.15, 0.2) is 0 Å². The average molecular weight is 1030 g/mol. The van der Waals surface area contributed by atoms with Crippen molar-refractivity contribution in [3.8, 4) is 28.1 Å². The molecular weight excluding hydrogens is 955 g/mol. The Hall–Kier alpha value is -6.24. The molecule has 75 heavy (non-hydrogen) atoms. The number of likely N-dealkylation sites (N-methyl/N-ethyl adjacent to an activating group) is 2. The molecule has 4 aliphatic heterocycles. The molecule has 3 saturated heterocycles. The third-order valence-electron chi connectivity index (χ3n) is 16.5. The number of likely N-dealkylation sites (tertiary alicyclic amines) is 1. The second-order valence-electron chi connectivity index (χ2n) is 23.0. The number of methoxy groups -OCH3 is 2. The molecule has 1 unspecified atom stereocenters. The summed E-state index contributed by atoms with van der Waals surface area (Å²) in [6, 6.07) is 10.9. The minimum atomic E-state index is -1.18. The number of pyridine rings is 1. The number of piperazine rings is 1. The topological polar surface area (TPSA) is 191 Å². The number of phenols is 1. The molecule has 9 rings (SSSR count). The maximum Gasteiger partial charge on any atom is 0.409 e. The number of hydrogen-bond donors (Lipinski definition) is 3. The molecule has 6 bridgehead atoms. The summed E-state index contributed by atoms with van der Waals surface area (Å²) in [7, 11) is 6.74. The zero-order chi connectivity index (χ0) is 53.8. The number of cyclic esters (lactones) is 1. The van der Waals surface area contributed by atoms with E-state index in [1.165, 1.54) is 21.9 Å². The van der Waals surface area contributed by atoms with Gasteiger partial charge in [-0.2, -0.15) is 0 Å². The molecular formula is C57H77N9O9. The van der Waals surface area contributed by atoms with E-state index < -0.39 is 53.3 Å². The van der Waals surface area contributed by atoms with Crippen molar-refractivity contribution in [3.63, 3.8) is 0 Å². The van der Waals surface area contributed by atoms with E-state index in [0.717, 1.165) is 82.8 Å². The number of esters is 1. The van der Waals surface area contributed by atoms with Crippen LogP contribution in [0.1, 0.15) is 77.8 Å². The third-order valence-corrected chi connectivity index (χ3v) is 16.5. The molecule has 18 heteroatoms. The number of anilines is 1. The van der Waals surface area contributed by atoms with Crippen LogP contribution in [-0.2, 0) is 52.8 Å². The highest BCUT2D eigenvalue weighted by atomic mass is 16.5. The van der Waals surface area contributed by atoms with E-state index in [2.05, 4.69) is 71.1 Å². The van der Waals surface area contributed by atoms with Crippen LogP contribution in [0.2, 0.25) is 0 Å². The highest BCUT2D eigenvalue weighted by Crippen LogP contribution is 2.46. The number of aromatic nitrogens is 2. The normalized spacial score (nSPS) is 24.8. The molecule has 2 aromatic heterocycles. The zero-order valence-electron chi connectivity index (χ0n) is 45.6. The quantitative estimate of drug-likeness (QED) is 0.160. The molecule has 4 amide bonds. The summed E-state index contributed by atoms with van der Waals surface area (Å²) in [4.78, 5) is 83.6. The van der Waals surface area contributed by atoms with Gasteiger partial charge in [0, 0.05) is 94.8 Å². The smallest absolute Gasteiger partial charge is 0.409 e. The number of hydrazine groups is 1. The molecule has 3 N–H and O–H groups in total. The second kappa shape index (κ2) is 21.4. The van der Waals surface area contributed by atoms with Crippen LogP contribution in [0.25, 0.3) is 33.3 Å². The molecule has 1 aliphatic carbocycles. The summed E-state index contributed by atoms with van der Waals surface area (Å²) in [5.74, 6) is -2.82. The highest BCUT2D eigenvalue weighted by Gasteiger charge is 2.53. The van der Waals surface area contributed by atoms with Gasteiger partial charge in [0.2, 0.25) is 11.8 Å². The van der Waals surface area contributed by atoms with Gasteiger partial charge in [-0.3, -0.25) is 29.2 Å². The molecule has 5 aliphatic rings. The number of benzene rings is 2. The number of rotatable bonds is 10. The van der Waals surface area contributed by atoms with Gasteiger partial charge in [-0.05, 0) is 110 Å². The Bertz CT molecular complexity index is 2840. The van der Waals surface area contributed by atoms with Crippen LogP contribution in [0.5, 0.6) is 5.75 Å². The van der Waals surface area contributed by atoms with Crippen LogP contribution in [0.3, 0.4) is 0 Å². The number of carbonyl (C=O) groups excluding carboxylic acids is 5. The molecule has 0 spiro atoms. The van der Waals surface area contributed by atoms with Crippen molar-refractivity contribution in [3.05, 3.63) is 65.5 Å². The summed E-state index contributed by atoms with van der Waals surface area (Å²) in [5.41, 5.74) is 10.8. The van der Waals surface area contributed by atoms with Crippen molar-refractivity contribution in [1.29, 1.82) is 0 Å². The van der Waals surface area contributed by atoms with E-state index in [1.807, 2.05) is 46.0 Å². The van der Waals surface area contributed by atoms with Crippen molar-refractivity contribution < 1.29 is 43.3 Å². The average Bonchev–Trinajstić information content (AvgIpc) is 3.99. The lowest BCUT2D eigenvalue weighted by atomic mass is 9.84. The number of aromatic hydroxyl groups is 1. The Labute approximate surface area is 441 Å². The molecule has 18 nitrogen and oxygen atoms in total. The number of ether oxygens (including phenoxy) is 3. The first-order valence-electron chi connectivity index (χ1n) is 26.8. The predicted octanol–water partition coefficient (Wildman–Crippen LogP) is 5.88. The number of nitrogens with zero attached hydrogens (tertiary/aromatic N) is 7. The molecule has 8 atom stereocenters. The fourth-order valence-corrected chi connectivity index (χ4v) is 12.2. The number of amides is 4. The number of carbonyl (C=O) groups is 5. The predicted molar refractivity (Wildman–Crippen MR) is 285 cm³/mol. The van der Waals surface area contributed by atoms with Gasteiger partial charge in [0.25, 0.3) is 5.91 Å². The van der Waals surface area contributed by atoms with Crippen LogP contribution in [0.4, 0.5) is 10.5 Å². The Morgan fingerprint density at radius 3 is 2.44 bits per heavy atom. The van der Waals surface area contributed by atoms with Crippen molar-refractivity contribution in [2.45, 2.75) is 98.5 Å².